The summed E-state index contributed by atoms with van der Waals surface area (Å²) in [5, 5.41) is 25.4. The van der Waals surface area contributed by atoms with Gasteiger partial charge in [0.2, 0.25) is 11.8 Å². The van der Waals surface area contributed by atoms with Crippen LogP contribution in [0.4, 0.5) is 5.69 Å². The molecule has 2 aromatic heterocycles. The first-order chi connectivity index (χ1) is 30.9. The average Bonchev–Trinajstić information content (AvgIpc) is 4.03. The summed E-state index contributed by atoms with van der Waals surface area (Å²) >= 11 is 0. The molecule has 330 valence electrons. The maximum atomic E-state index is 13.1. The number of rotatable bonds is 13. The number of imide groups is 1. The number of benzene rings is 4. The predicted molar refractivity (Wildman–Crippen MR) is 243 cm³/mol. The molecule has 1 unspecified atom stereocenters. The molecule has 1 atom stereocenters. The van der Waals surface area contributed by atoms with Gasteiger partial charge in [-0.3, -0.25) is 34.5 Å². The second-order valence-electron chi connectivity index (χ2n) is 18.2. The van der Waals surface area contributed by atoms with Crippen LogP contribution in [-0.4, -0.2) is 92.0 Å². The van der Waals surface area contributed by atoms with Crippen LogP contribution in [0.2, 0.25) is 0 Å². The van der Waals surface area contributed by atoms with Gasteiger partial charge in [-0.25, -0.2) is 0 Å². The predicted octanol–water partition coefficient (Wildman–Crippen LogP) is 6.24. The third kappa shape index (κ3) is 9.17. The Morgan fingerprint density at radius 2 is 1.67 bits per heavy atom. The van der Waals surface area contributed by atoms with Crippen molar-refractivity contribution in [3.63, 3.8) is 0 Å². The first kappa shape index (κ1) is 42.6. The van der Waals surface area contributed by atoms with E-state index in [9.17, 15) is 19.2 Å². The van der Waals surface area contributed by atoms with Crippen LogP contribution in [0.15, 0.2) is 83.4 Å². The van der Waals surface area contributed by atoms with Crippen molar-refractivity contribution < 1.29 is 23.7 Å². The SMILES string of the molecule is Cc1cc(-c2n[nH]c3ccc(-c4ccc(NCCNC5CCN(Cc6ccc7c(c6)CN(C6CCC(=O)NC6=O)C7=O)CC5)cc4)cc23)ccc1CNC(=O)c1nc(C(C)(C)C)no1. The van der Waals surface area contributed by atoms with Crippen molar-refractivity contribution in [1.82, 2.24) is 46.1 Å². The molecule has 3 aliphatic rings. The zero-order valence-corrected chi connectivity index (χ0v) is 36.7. The average molecular weight is 863 g/mol. The largest absolute Gasteiger partial charge is 0.384 e. The minimum absolute atomic E-state index is 0.0438. The highest BCUT2D eigenvalue weighted by Crippen LogP contribution is 2.33. The summed E-state index contributed by atoms with van der Waals surface area (Å²) in [6.45, 7) is 13.1. The fourth-order valence-electron chi connectivity index (χ4n) is 8.87. The smallest absolute Gasteiger partial charge is 0.315 e. The third-order valence-corrected chi connectivity index (χ3v) is 12.6. The Morgan fingerprint density at radius 3 is 2.42 bits per heavy atom. The highest BCUT2D eigenvalue weighted by Gasteiger charge is 2.39. The summed E-state index contributed by atoms with van der Waals surface area (Å²) in [6.07, 6.45) is 2.75. The maximum absolute atomic E-state index is 13.1. The number of anilines is 1. The van der Waals surface area contributed by atoms with Gasteiger partial charge >= 0.3 is 11.8 Å². The maximum Gasteiger partial charge on any atom is 0.315 e. The molecule has 0 aliphatic carbocycles. The number of likely N-dealkylation sites (tertiary alicyclic amines) is 1. The van der Waals surface area contributed by atoms with Crippen molar-refractivity contribution >= 4 is 40.2 Å². The van der Waals surface area contributed by atoms with Gasteiger partial charge < -0.3 is 25.4 Å². The topological polar surface area (TPSA) is 190 Å². The summed E-state index contributed by atoms with van der Waals surface area (Å²) in [5.74, 6) is -0.756. The summed E-state index contributed by atoms with van der Waals surface area (Å²) < 4.78 is 5.20. The van der Waals surface area contributed by atoms with E-state index in [1.54, 1.807) is 4.90 Å². The number of hydrogen-bond donors (Lipinski definition) is 5. The first-order valence-corrected chi connectivity index (χ1v) is 22.1. The highest BCUT2D eigenvalue weighted by molar-refractivity contribution is 6.05. The number of aromatic amines is 1. The molecule has 5 heterocycles. The Bertz CT molecular complexity index is 2730. The minimum Gasteiger partial charge on any atom is -0.384 e. The lowest BCUT2D eigenvalue weighted by Gasteiger charge is -2.32. The molecule has 4 amide bonds. The number of nitrogens with one attached hydrogen (secondary N) is 5. The van der Waals surface area contributed by atoms with Crippen LogP contribution in [0.3, 0.4) is 0 Å². The Balaban J connectivity index is 0.724. The van der Waals surface area contributed by atoms with E-state index in [4.69, 9.17) is 4.52 Å². The van der Waals surface area contributed by atoms with Crippen molar-refractivity contribution in [2.24, 2.45) is 0 Å². The molecule has 0 radical (unpaired) electrons. The molecule has 2 fully saturated rings. The summed E-state index contributed by atoms with van der Waals surface area (Å²) in [4.78, 5) is 58.2. The number of carbonyl (C=O) groups is 4. The lowest BCUT2D eigenvalue weighted by atomic mass is 9.96. The molecule has 4 aromatic carbocycles. The number of amides is 4. The molecule has 9 rings (SSSR count). The molecule has 0 bridgehead atoms. The molecule has 6 aromatic rings. The Hall–Kier alpha value is -6.71. The van der Waals surface area contributed by atoms with Gasteiger partial charge in [0.1, 0.15) is 6.04 Å². The van der Waals surface area contributed by atoms with E-state index in [0.29, 0.717) is 36.9 Å². The quantitative estimate of drug-likeness (QED) is 0.0653. The van der Waals surface area contributed by atoms with Crippen LogP contribution < -0.4 is 21.3 Å². The first-order valence-electron chi connectivity index (χ1n) is 22.1. The third-order valence-electron chi connectivity index (χ3n) is 12.6. The number of piperidine rings is 2. The molecule has 15 nitrogen and oxygen atoms in total. The van der Waals surface area contributed by atoms with Gasteiger partial charge in [0.25, 0.3) is 5.91 Å². The van der Waals surface area contributed by atoms with Crippen LogP contribution in [0.5, 0.6) is 0 Å². The standard InChI is InChI=1S/C49H54N10O5/c1-29-23-33(6-7-34(29)26-52-45(62)46-54-48(57-64-46)49(2,3)4)43-39-25-32(10-14-40(39)55-56-43)31-8-11-36(12-9-31)50-19-20-51-37-17-21-58(22-18-37)27-30-5-13-38-35(24-30)28-59(47(38)63)41-15-16-42(60)53-44(41)61/h5-14,23-25,37,41,50-51H,15-22,26-28H2,1-4H3,(H,52,62)(H,55,56)(H,53,60,61). The Kier molecular flexibility index (Phi) is 11.9. The van der Waals surface area contributed by atoms with Crippen LogP contribution in [0.1, 0.15) is 95.6 Å². The zero-order chi connectivity index (χ0) is 44.5. The molecule has 0 spiro atoms. The van der Waals surface area contributed by atoms with Gasteiger partial charge in [-0.05, 0) is 109 Å². The van der Waals surface area contributed by atoms with E-state index < -0.39 is 11.9 Å². The lowest BCUT2D eigenvalue weighted by molar-refractivity contribution is -0.136. The van der Waals surface area contributed by atoms with Crippen LogP contribution in [0.25, 0.3) is 33.3 Å². The van der Waals surface area contributed by atoms with Crippen LogP contribution in [0, 0.1) is 6.92 Å². The molecule has 5 N–H and O–H groups in total. The number of aryl methyl sites for hydroxylation is 1. The zero-order valence-electron chi connectivity index (χ0n) is 36.7. The second-order valence-corrected chi connectivity index (χ2v) is 18.2. The van der Waals surface area contributed by atoms with Crippen molar-refractivity contribution in [2.45, 2.75) is 90.5 Å². The summed E-state index contributed by atoms with van der Waals surface area (Å²) in [5.41, 5.74) is 10.6. The van der Waals surface area contributed by atoms with Crippen LogP contribution >= 0.6 is 0 Å². The fourth-order valence-corrected chi connectivity index (χ4v) is 8.87. The van der Waals surface area contributed by atoms with E-state index in [0.717, 1.165) is 101 Å². The fraction of sp³-hybridized carbons (Fsp3) is 0.367. The summed E-state index contributed by atoms with van der Waals surface area (Å²) in [6, 6.07) is 26.9. The van der Waals surface area contributed by atoms with Crippen molar-refractivity contribution in [3.8, 4) is 22.4 Å². The van der Waals surface area contributed by atoms with E-state index in [1.165, 1.54) is 5.56 Å². The van der Waals surface area contributed by atoms with Gasteiger partial charge in [0, 0.05) is 72.8 Å². The normalized spacial score (nSPS) is 17.2. The van der Waals surface area contributed by atoms with E-state index in [2.05, 4.69) is 101 Å². The number of hydrogen-bond acceptors (Lipinski definition) is 11. The van der Waals surface area contributed by atoms with Gasteiger partial charge in [0.05, 0.1) is 11.2 Å². The number of H-pyrrole nitrogens is 1. The lowest BCUT2D eigenvalue weighted by Crippen LogP contribution is -2.52. The Labute approximate surface area is 371 Å². The molecule has 0 saturated carbocycles. The number of aromatic nitrogens is 4. The van der Waals surface area contributed by atoms with Gasteiger partial charge in [-0.2, -0.15) is 10.1 Å². The highest BCUT2D eigenvalue weighted by atomic mass is 16.5. The van der Waals surface area contributed by atoms with Crippen molar-refractivity contribution in [1.29, 1.82) is 0 Å². The monoisotopic (exact) mass is 862 g/mol. The van der Waals surface area contributed by atoms with Gasteiger partial charge in [-0.15, -0.1) is 0 Å². The molecule has 15 heteroatoms. The number of carbonyl (C=O) groups excluding carboxylic acids is 4. The van der Waals surface area contributed by atoms with Crippen molar-refractivity contribution in [2.75, 3.05) is 31.5 Å². The van der Waals surface area contributed by atoms with E-state index >= 15 is 0 Å². The number of fused-ring (bicyclic) bond motifs is 2. The number of nitrogens with zero attached hydrogens (tertiary/aromatic N) is 5. The molecular formula is C49H54N10O5. The van der Waals surface area contributed by atoms with E-state index in [-0.39, 0.29) is 35.4 Å². The van der Waals surface area contributed by atoms with Gasteiger partial charge in [0.15, 0.2) is 5.82 Å². The van der Waals surface area contributed by atoms with Gasteiger partial charge in [-0.1, -0.05) is 68.4 Å². The van der Waals surface area contributed by atoms with E-state index in [1.807, 2.05) is 52.0 Å². The Morgan fingerprint density at radius 1 is 0.891 bits per heavy atom. The summed E-state index contributed by atoms with van der Waals surface area (Å²) in [7, 11) is 0. The van der Waals surface area contributed by atoms with Crippen LogP contribution in [-0.2, 0) is 34.6 Å². The molecule has 2 saturated heterocycles. The van der Waals surface area contributed by atoms with Crippen molar-refractivity contribution in [3.05, 3.63) is 118 Å². The second kappa shape index (κ2) is 17.8. The molecule has 3 aliphatic heterocycles. The molecule has 64 heavy (non-hydrogen) atoms. The minimum atomic E-state index is -0.596. The molecular weight excluding hydrogens is 809 g/mol.